The molecule has 0 aromatic heterocycles. The molecule has 2 atom stereocenters. The minimum absolute atomic E-state index is 0.193. The summed E-state index contributed by atoms with van der Waals surface area (Å²) >= 11 is 0. The number of methoxy groups -OCH3 is 2. The lowest BCUT2D eigenvalue weighted by atomic mass is 10.1. The molecule has 4 aromatic carbocycles. The van der Waals surface area contributed by atoms with Crippen LogP contribution in [-0.4, -0.2) is 62.7 Å². The standard InChI is InChI=1S/2C19H23NO4S/c2*1-15-4-6-17(7-5-15)12-20(25(22,23)16(2)14-21)13-18-8-10-19(24-3)11-9-18/h2*4-11,14,16H,12-13H2,1-3H3/t2*16-/m10/s1. The topological polar surface area (TPSA) is 127 Å². The van der Waals surface area contributed by atoms with Crippen molar-refractivity contribution < 1.29 is 35.9 Å². The Kier molecular flexibility index (Phi) is 14.9. The molecule has 10 nitrogen and oxygen atoms in total. The van der Waals surface area contributed by atoms with Crippen LogP contribution in [0.1, 0.15) is 47.2 Å². The van der Waals surface area contributed by atoms with E-state index in [0.717, 1.165) is 33.4 Å². The lowest BCUT2D eigenvalue weighted by Gasteiger charge is -2.24. The first-order valence-electron chi connectivity index (χ1n) is 16.0. The number of benzene rings is 4. The van der Waals surface area contributed by atoms with Crippen LogP contribution in [0.2, 0.25) is 0 Å². The van der Waals surface area contributed by atoms with Gasteiger partial charge in [0.2, 0.25) is 20.0 Å². The van der Waals surface area contributed by atoms with Gasteiger partial charge in [-0.3, -0.25) is 0 Å². The number of hydrogen-bond donors (Lipinski definition) is 0. The molecule has 0 aliphatic heterocycles. The van der Waals surface area contributed by atoms with Gasteiger partial charge >= 0.3 is 0 Å². The zero-order valence-electron chi connectivity index (χ0n) is 29.4. The second-order valence-electron chi connectivity index (χ2n) is 12.0. The van der Waals surface area contributed by atoms with Crippen LogP contribution < -0.4 is 9.47 Å². The van der Waals surface area contributed by atoms with Gasteiger partial charge in [0.15, 0.2) is 0 Å². The van der Waals surface area contributed by atoms with E-state index in [1.165, 1.54) is 22.5 Å². The van der Waals surface area contributed by atoms with Crippen LogP contribution in [0.4, 0.5) is 0 Å². The molecule has 0 heterocycles. The summed E-state index contributed by atoms with van der Waals surface area (Å²) < 4.78 is 63.9. The van der Waals surface area contributed by atoms with Crippen molar-refractivity contribution in [1.29, 1.82) is 0 Å². The number of nitrogens with zero attached hydrogens (tertiary/aromatic N) is 2. The van der Waals surface area contributed by atoms with Gasteiger partial charge in [-0.05, 0) is 74.2 Å². The third kappa shape index (κ3) is 11.3. The summed E-state index contributed by atoms with van der Waals surface area (Å²) in [6, 6.07) is 29.8. The van der Waals surface area contributed by atoms with Gasteiger partial charge in [0.25, 0.3) is 0 Å². The van der Waals surface area contributed by atoms with Crippen LogP contribution in [-0.2, 0) is 55.8 Å². The summed E-state index contributed by atoms with van der Waals surface area (Å²) in [6.45, 7) is 7.57. The number of hydrogen-bond acceptors (Lipinski definition) is 8. The van der Waals surface area contributed by atoms with Crippen LogP contribution >= 0.6 is 0 Å². The van der Waals surface area contributed by atoms with Crippen LogP contribution in [0.15, 0.2) is 97.1 Å². The molecule has 0 saturated heterocycles. The van der Waals surface area contributed by atoms with E-state index in [2.05, 4.69) is 0 Å². The Bertz CT molecular complexity index is 1740. The minimum Gasteiger partial charge on any atom is -0.497 e. The maximum atomic E-state index is 12.7. The second kappa shape index (κ2) is 18.6. The number of rotatable bonds is 16. The molecule has 12 heteroatoms. The van der Waals surface area contributed by atoms with E-state index in [1.807, 2.05) is 86.6 Å². The number of aldehydes is 2. The number of ether oxygens (including phenoxy) is 2. The number of carbonyl (C=O) groups excluding carboxylic acids is 2. The zero-order valence-corrected chi connectivity index (χ0v) is 31.0. The Labute approximate surface area is 296 Å². The average molecular weight is 723 g/mol. The number of aryl methyl sites for hydroxylation is 2. The Hall–Kier alpha value is -4.36. The number of carbonyl (C=O) groups is 2. The summed E-state index contributed by atoms with van der Waals surface area (Å²) in [5, 5.41) is -2.17. The fourth-order valence-corrected chi connectivity index (χ4v) is 7.28. The second-order valence-corrected chi connectivity index (χ2v) is 16.6. The maximum Gasteiger partial charge on any atom is 0.224 e. The van der Waals surface area contributed by atoms with E-state index in [0.29, 0.717) is 24.1 Å². The summed E-state index contributed by atoms with van der Waals surface area (Å²) in [5.41, 5.74) is 5.62. The Balaban J connectivity index is 0.000000270. The third-order valence-corrected chi connectivity index (χ3v) is 12.1. The molecule has 4 aromatic rings. The van der Waals surface area contributed by atoms with Crippen molar-refractivity contribution in [1.82, 2.24) is 8.61 Å². The van der Waals surface area contributed by atoms with E-state index < -0.39 is 30.5 Å². The van der Waals surface area contributed by atoms with Crippen molar-refractivity contribution in [2.45, 2.75) is 64.4 Å². The van der Waals surface area contributed by atoms with Gasteiger partial charge in [0.05, 0.1) is 14.2 Å². The fourth-order valence-electron chi connectivity index (χ4n) is 4.75. The molecule has 0 spiro atoms. The van der Waals surface area contributed by atoms with E-state index in [4.69, 9.17) is 9.47 Å². The van der Waals surface area contributed by atoms with E-state index in [9.17, 15) is 26.4 Å². The summed E-state index contributed by atoms with van der Waals surface area (Å²) in [6.07, 6.45) is 0.928. The van der Waals surface area contributed by atoms with Gasteiger partial charge < -0.3 is 19.1 Å². The van der Waals surface area contributed by atoms with Crippen LogP contribution in [0, 0.1) is 13.8 Å². The zero-order chi connectivity index (χ0) is 36.9. The highest BCUT2D eigenvalue weighted by Gasteiger charge is 2.30. The lowest BCUT2D eigenvalue weighted by Crippen LogP contribution is -2.37. The largest absolute Gasteiger partial charge is 0.497 e. The SMILES string of the molecule is COc1ccc(CN(Cc2ccc(C)cc2)S(=O)(=O)[C@@H](C)C=O)cc1.COc1ccc(CN(Cc2ccc(C)cc2)S(=O)(=O)[C@H](C)C=O)cc1. The molecule has 0 unspecified atom stereocenters. The average Bonchev–Trinajstić information content (AvgIpc) is 3.12. The highest BCUT2D eigenvalue weighted by molar-refractivity contribution is 7.90. The molecule has 0 aliphatic rings. The highest BCUT2D eigenvalue weighted by atomic mass is 32.2. The van der Waals surface area contributed by atoms with Crippen LogP contribution in [0.25, 0.3) is 0 Å². The van der Waals surface area contributed by atoms with Gasteiger partial charge in [-0.15, -0.1) is 0 Å². The Morgan fingerprint density at radius 1 is 0.500 bits per heavy atom. The molecule has 0 N–H and O–H groups in total. The number of sulfonamides is 2. The van der Waals surface area contributed by atoms with Crippen molar-refractivity contribution >= 4 is 32.6 Å². The van der Waals surface area contributed by atoms with Gasteiger partial charge in [0, 0.05) is 26.2 Å². The molecule has 0 amide bonds. The summed E-state index contributed by atoms with van der Waals surface area (Å²) in [5.74, 6) is 1.41. The summed E-state index contributed by atoms with van der Waals surface area (Å²) in [7, 11) is -4.32. The van der Waals surface area contributed by atoms with Gasteiger partial charge in [-0.1, -0.05) is 83.9 Å². The minimum atomic E-state index is -3.74. The molecular formula is C38H46N2O8S2. The van der Waals surface area contributed by atoms with Crippen LogP contribution in [0.5, 0.6) is 11.5 Å². The van der Waals surface area contributed by atoms with Crippen molar-refractivity contribution in [2.24, 2.45) is 0 Å². The maximum absolute atomic E-state index is 12.7. The first kappa shape index (κ1) is 40.1. The van der Waals surface area contributed by atoms with Crippen LogP contribution in [0.3, 0.4) is 0 Å². The quantitative estimate of drug-likeness (QED) is 0.132. The molecule has 268 valence electrons. The van der Waals surface area contributed by atoms with E-state index >= 15 is 0 Å². The Morgan fingerprint density at radius 2 is 0.740 bits per heavy atom. The molecule has 4 rings (SSSR count). The molecule has 0 radical (unpaired) electrons. The predicted octanol–water partition coefficient (Wildman–Crippen LogP) is 5.85. The first-order valence-corrected chi connectivity index (χ1v) is 19.0. The molecule has 0 fully saturated rings. The van der Waals surface area contributed by atoms with E-state index in [1.54, 1.807) is 38.5 Å². The third-order valence-electron chi connectivity index (χ3n) is 8.04. The Morgan fingerprint density at radius 3 is 0.960 bits per heavy atom. The molecule has 0 aliphatic carbocycles. The smallest absolute Gasteiger partial charge is 0.224 e. The predicted molar refractivity (Wildman–Crippen MR) is 196 cm³/mol. The molecular weight excluding hydrogens is 677 g/mol. The molecule has 0 bridgehead atoms. The van der Waals surface area contributed by atoms with Gasteiger partial charge in [-0.2, -0.15) is 8.61 Å². The molecule has 0 saturated carbocycles. The van der Waals surface area contributed by atoms with Crippen molar-refractivity contribution in [2.75, 3.05) is 14.2 Å². The van der Waals surface area contributed by atoms with Gasteiger partial charge in [0.1, 0.15) is 34.6 Å². The normalized spacial score (nSPS) is 12.8. The van der Waals surface area contributed by atoms with Gasteiger partial charge in [-0.25, -0.2) is 16.8 Å². The monoisotopic (exact) mass is 722 g/mol. The first-order chi connectivity index (χ1) is 23.7. The lowest BCUT2D eigenvalue weighted by molar-refractivity contribution is -0.108. The summed E-state index contributed by atoms with van der Waals surface area (Å²) in [4.78, 5) is 22.1. The molecule has 50 heavy (non-hydrogen) atoms. The fraction of sp³-hybridized carbons (Fsp3) is 0.316. The highest BCUT2D eigenvalue weighted by Crippen LogP contribution is 2.21. The van der Waals surface area contributed by atoms with Crippen molar-refractivity contribution in [3.05, 3.63) is 130 Å². The van der Waals surface area contributed by atoms with E-state index in [-0.39, 0.29) is 26.2 Å². The van der Waals surface area contributed by atoms with Crippen molar-refractivity contribution in [3.63, 3.8) is 0 Å². The van der Waals surface area contributed by atoms with Crippen molar-refractivity contribution in [3.8, 4) is 11.5 Å².